The van der Waals surface area contributed by atoms with Gasteiger partial charge in [-0.1, -0.05) is 6.58 Å². The number of nitrogens with one attached hydrogen (secondary N) is 1. The van der Waals surface area contributed by atoms with E-state index in [4.69, 9.17) is 0 Å². The number of likely N-dealkylation sites (N-methyl/N-ethyl adjacent to an activating group) is 2. The first-order valence-corrected chi connectivity index (χ1v) is 4.59. The molecule has 0 spiro atoms. The summed E-state index contributed by atoms with van der Waals surface area (Å²) in [5.41, 5.74) is 2.22. The molecular formula is C11H21N3. The minimum absolute atomic E-state index is 1.10. The molecular weight excluding hydrogens is 174 g/mol. The maximum absolute atomic E-state index is 3.81. The van der Waals surface area contributed by atoms with E-state index in [-0.39, 0.29) is 0 Å². The summed E-state index contributed by atoms with van der Waals surface area (Å²) in [6.07, 6.45) is 5.79. The second-order valence-electron chi connectivity index (χ2n) is 3.39. The molecule has 0 aromatic heterocycles. The summed E-state index contributed by atoms with van der Waals surface area (Å²) in [7, 11) is 9.93. The molecule has 0 unspecified atom stereocenters. The van der Waals surface area contributed by atoms with Crippen molar-refractivity contribution in [3.8, 4) is 0 Å². The van der Waals surface area contributed by atoms with Gasteiger partial charge < -0.3 is 15.1 Å². The lowest BCUT2D eigenvalue weighted by molar-refractivity contribution is 0.464. The Balaban J connectivity index is 5.09. The number of hydrogen-bond acceptors (Lipinski definition) is 3. The monoisotopic (exact) mass is 195 g/mol. The highest BCUT2D eigenvalue weighted by Gasteiger charge is 2.04. The van der Waals surface area contributed by atoms with Gasteiger partial charge in [0.15, 0.2) is 0 Å². The molecule has 80 valence electrons. The van der Waals surface area contributed by atoms with Gasteiger partial charge in [-0.3, -0.25) is 0 Å². The van der Waals surface area contributed by atoms with Crippen LogP contribution in [-0.2, 0) is 0 Å². The fourth-order valence-corrected chi connectivity index (χ4v) is 1.14. The first-order valence-electron chi connectivity index (χ1n) is 4.59. The van der Waals surface area contributed by atoms with Crippen LogP contribution in [0.4, 0.5) is 0 Å². The third-order valence-electron chi connectivity index (χ3n) is 1.83. The number of nitrogens with zero attached hydrogens (tertiary/aromatic N) is 2. The molecule has 0 rings (SSSR count). The summed E-state index contributed by atoms with van der Waals surface area (Å²) in [6, 6.07) is 0. The Kier molecular flexibility index (Phi) is 5.53. The molecule has 0 amide bonds. The van der Waals surface area contributed by atoms with Gasteiger partial charge >= 0.3 is 0 Å². The predicted molar refractivity (Wildman–Crippen MR) is 62.8 cm³/mol. The second-order valence-corrected chi connectivity index (χ2v) is 3.39. The quantitative estimate of drug-likeness (QED) is 0.666. The molecule has 0 atom stereocenters. The molecule has 0 heterocycles. The normalized spacial score (nSPS) is 12.4. The maximum Gasteiger partial charge on any atom is 0.0612 e. The van der Waals surface area contributed by atoms with E-state index < -0.39 is 0 Å². The zero-order valence-corrected chi connectivity index (χ0v) is 9.83. The summed E-state index contributed by atoms with van der Waals surface area (Å²) in [5.74, 6) is 0. The number of rotatable bonds is 5. The van der Waals surface area contributed by atoms with E-state index in [2.05, 4.69) is 16.8 Å². The SMILES string of the molecule is C=C/C(=C(\C=C\NC)N(C)C)N(C)C. The van der Waals surface area contributed by atoms with Crippen LogP contribution in [0.1, 0.15) is 0 Å². The highest BCUT2D eigenvalue weighted by atomic mass is 15.1. The molecule has 0 radical (unpaired) electrons. The van der Waals surface area contributed by atoms with Crippen LogP contribution in [0.2, 0.25) is 0 Å². The molecule has 0 aliphatic carbocycles. The van der Waals surface area contributed by atoms with Crippen molar-refractivity contribution >= 4 is 0 Å². The Hall–Kier alpha value is -1.38. The Labute approximate surface area is 87.4 Å². The van der Waals surface area contributed by atoms with Gasteiger partial charge in [0.2, 0.25) is 0 Å². The molecule has 1 N–H and O–H groups in total. The van der Waals surface area contributed by atoms with Crippen LogP contribution in [0.3, 0.4) is 0 Å². The molecule has 0 bridgehead atoms. The van der Waals surface area contributed by atoms with Crippen molar-refractivity contribution < 1.29 is 0 Å². The fraction of sp³-hybridized carbons (Fsp3) is 0.455. The largest absolute Gasteiger partial charge is 0.394 e. The second kappa shape index (κ2) is 6.13. The van der Waals surface area contributed by atoms with Crippen molar-refractivity contribution in [2.24, 2.45) is 0 Å². The van der Waals surface area contributed by atoms with Gasteiger partial charge in [0.05, 0.1) is 11.4 Å². The molecule has 0 aliphatic heterocycles. The van der Waals surface area contributed by atoms with E-state index >= 15 is 0 Å². The molecule has 0 aliphatic rings. The van der Waals surface area contributed by atoms with E-state index in [9.17, 15) is 0 Å². The maximum atomic E-state index is 3.81. The van der Waals surface area contributed by atoms with E-state index in [0.717, 1.165) is 11.4 Å². The number of allylic oxidation sites excluding steroid dienone is 2. The molecule has 0 aromatic carbocycles. The fourth-order valence-electron chi connectivity index (χ4n) is 1.14. The standard InChI is InChI=1S/C11H21N3/c1-7-10(13(3)4)11(14(5)6)8-9-12-2/h7-9,12H,1H2,2-6H3/b9-8+,11-10-. The van der Waals surface area contributed by atoms with Crippen LogP contribution in [-0.4, -0.2) is 45.0 Å². The lowest BCUT2D eigenvalue weighted by Gasteiger charge is -2.22. The Morgan fingerprint density at radius 1 is 1.07 bits per heavy atom. The Morgan fingerprint density at radius 3 is 1.86 bits per heavy atom. The zero-order chi connectivity index (χ0) is 11.1. The average Bonchev–Trinajstić information content (AvgIpc) is 2.10. The minimum Gasteiger partial charge on any atom is -0.394 e. The summed E-state index contributed by atoms with van der Waals surface area (Å²) in [5, 5.41) is 2.98. The van der Waals surface area contributed by atoms with E-state index in [1.54, 1.807) is 0 Å². The Morgan fingerprint density at radius 2 is 1.57 bits per heavy atom. The molecule has 0 saturated carbocycles. The molecule has 3 heteroatoms. The predicted octanol–water partition coefficient (Wildman–Crippen LogP) is 1.24. The van der Waals surface area contributed by atoms with Gasteiger partial charge in [0.25, 0.3) is 0 Å². The lowest BCUT2D eigenvalue weighted by Crippen LogP contribution is -2.19. The van der Waals surface area contributed by atoms with Gasteiger partial charge in [-0.2, -0.15) is 0 Å². The summed E-state index contributed by atoms with van der Waals surface area (Å²) < 4.78 is 0. The average molecular weight is 195 g/mol. The topological polar surface area (TPSA) is 18.5 Å². The van der Waals surface area contributed by atoms with Crippen molar-refractivity contribution in [2.75, 3.05) is 35.2 Å². The molecule has 3 nitrogen and oxygen atoms in total. The van der Waals surface area contributed by atoms with Crippen molar-refractivity contribution in [3.05, 3.63) is 36.3 Å². The summed E-state index contributed by atoms with van der Waals surface area (Å²) in [4.78, 5) is 4.10. The smallest absolute Gasteiger partial charge is 0.0612 e. The van der Waals surface area contributed by atoms with E-state index in [0.29, 0.717) is 0 Å². The first kappa shape index (κ1) is 12.6. The van der Waals surface area contributed by atoms with Crippen LogP contribution < -0.4 is 5.32 Å². The highest BCUT2D eigenvalue weighted by Crippen LogP contribution is 2.11. The third-order valence-corrected chi connectivity index (χ3v) is 1.83. The van der Waals surface area contributed by atoms with Crippen LogP contribution in [0.5, 0.6) is 0 Å². The first-order chi connectivity index (χ1) is 6.54. The molecule has 0 saturated heterocycles. The van der Waals surface area contributed by atoms with Crippen molar-refractivity contribution in [1.29, 1.82) is 0 Å². The Bertz CT molecular complexity index is 237. The van der Waals surface area contributed by atoms with Gasteiger partial charge in [-0.25, -0.2) is 0 Å². The molecule has 14 heavy (non-hydrogen) atoms. The third kappa shape index (κ3) is 3.56. The molecule has 0 aromatic rings. The highest BCUT2D eigenvalue weighted by molar-refractivity contribution is 5.29. The van der Waals surface area contributed by atoms with Crippen molar-refractivity contribution in [2.45, 2.75) is 0 Å². The van der Waals surface area contributed by atoms with Crippen LogP contribution in [0, 0.1) is 0 Å². The van der Waals surface area contributed by atoms with Crippen molar-refractivity contribution in [1.82, 2.24) is 15.1 Å². The summed E-state index contributed by atoms with van der Waals surface area (Å²) >= 11 is 0. The summed E-state index contributed by atoms with van der Waals surface area (Å²) in [6.45, 7) is 3.81. The number of hydrogen-bond donors (Lipinski definition) is 1. The lowest BCUT2D eigenvalue weighted by atomic mass is 10.2. The van der Waals surface area contributed by atoms with Crippen molar-refractivity contribution in [3.63, 3.8) is 0 Å². The van der Waals surface area contributed by atoms with Crippen LogP contribution in [0.25, 0.3) is 0 Å². The van der Waals surface area contributed by atoms with Gasteiger partial charge in [-0.15, -0.1) is 0 Å². The van der Waals surface area contributed by atoms with E-state index in [1.165, 1.54) is 0 Å². The van der Waals surface area contributed by atoms with E-state index in [1.807, 2.05) is 58.5 Å². The van der Waals surface area contributed by atoms with Gasteiger partial charge in [-0.05, 0) is 18.4 Å². The van der Waals surface area contributed by atoms with Gasteiger partial charge in [0, 0.05) is 35.2 Å². The zero-order valence-electron chi connectivity index (χ0n) is 9.83. The van der Waals surface area contributed by atoms with Crippen LogP contribution in [0.15, 0.2) is 36.3 Å². The van der Waals surface area contributed by atoms with Gasteiger partial charge in [0.1, 0.15) is 0 Å². The minimum atomic E-state index is 1.10. The van der Waals surface area contributed by atoms with Crippen LogP contribution >= 0.6 is 0 Å². The molecule has 0 fully saturated rings.